The van der Waals surface area contributed by atoms with E-state index in [2.05, 4.69) is 28.8 Å². The molecule has 2 aliphatic rings. The number of nitrogens with zero attached hydrogens (tertiary/aromatic N) is 4. The Labute approximate surface area is 155 Å². The van der Waals surface area contributed by atoms with Crippen LogP contribution in [0.3, 0.4) is 0 Å². The molecule has 1 aliphatic carbocycles. The van der Waals surface area contributed by atoms with E-state index < -0.39 is 11.9 Å². The van der Waals surface area contributed by atoms with E-state index in [4.69, 9.17) is 4.74 Å². The van der Waals surface area contributed by atoms with Crippen LogP contribution in [0.5, 0.6) is 0 Å². The maximum absolute atomic E-state index is 13.4. The summed E-state index contributed by atoms with van der Waals surface area (Å²) in [4.78, 5) is 14.0. The van der Waals surface area contributed by atoms with Crippen molar-refractivity contribution in [2.45, 2.75) is 38.6 Å². The molecule has 3 atom stereocenters. The number of alkyl halides is 3. The van der Waals surface area contributed by atoms with E-state index in [9.17, 15) is 13.2 Å². The first-order valence-corrected chi connectivity index (χ1v) is 8.90. The summed E-state index contributed by atoms with van der Waals surface area (Å²) in [6.07, 6.45) is -0.472. The molecule has 4 rings (SSSR count). The van der Waals surface area contributed by atoms with Crippen molar-refractivity contribution < 1.29 is 17.9 Å². The van der Waals surface area contributed by atoms with Gasteiger partial charge >= 0.3 is 6.18 Å². The van der Waals surface area contributed by atoms with E-state index in [0.29, 0.717) is 18.1 Å². The van der Waals surface area contributed by atoms with Gasteiger partial charge in [0.2, 0.25) is 0 Å². The predicted molar refractivity (Wildman–Crippen MR) is 94.1 cm³/mol. The minimum absolute atomic E-state index is 0.0242. The molecule has 0 bridgehead atoms. The molecule has 1 saturated heterocycles. The van der Waals surface area contributed by atoms with Gasteiger partial charge in [0.25, 0.3) is 0 Å². The Balaban J connectivity index is 1.76. The second kappa shape index (κ2) is 6.15. The molecule has 2 aromatic rings. The van der Waals surface area contributed by atoms with Crippen molar-refractivity contribution in [3.8, 4) is 11.4 Å². The Kier molecular flexibility index (Phi) is 4.14. The number of hydrogen-bond donors (Lipinski definition) is 0. The zero-order valence-corrected chi connectivity index (χ0v) is 15.4. The van der Waals surface area contributed by atoms with Gasteiger partial charge in [-0.2, -0.15) is 13.2 Å². The molecule has 27 heavy (non-hydrogen) atoms. The van der Waals surface area contributed by atoms with Gasteiger partial charge < -0.3 is 9.64 Å². The summed E-state index contributed by atoms with van der Waals surface area (Å²) in [7, 11) is 1.80. The van der Waals surface area contributed by atoms with Gasteiger partial charge in [0.15, 0.2) is 11.5 Å². The maximum Gasteiger partial charge on any atom is 0.433 e. The molecule has 1 saturated carbocycles. The van der Waals surface area contributed by atoms with Crippen LogP contribution in [0.25, 0.3) is 11.4 Å². The van der Waals surface area contributed by atoms with Gasteiger partial charge in [0, 0.05) is 55.1 Å². The summed E-state index contributed by atoms with van der Waals surface area (Å²) in [6, 6.07) is 4.39. The van der Waals surface area contributed by atoms with Gasteiger partial charge in [-0.1, -0.05) is 13.8 Å². The van der Waals surface area contributed by atoms with E-state index >= 15 is 0 Å². The van der Waals surface area contributed by atoms with Crippen molar-refractivity contribution in [2.75, 3.05) is 18.6 Å². The van der Waals surface area contributed by atoms with Crippen LogP contribution in [-0.4, -0.2) is 40.8 Å². The SMILES string of the molecule is CN(c1cc(C(F)(F)F)nc(-c2cccnc2)n1)C1C2CCOC2C1(C)C. The minimum Gasteiger partial charge on any atom is -0.377 e. The van der Waals surface area contributed by atoms with Crippen molar-refractivity contribution in [1.82, 2.24) is 15.0 Å². The van der Waals surface area contributed by atoms with E-state index in [-0.39, 0.29) is 29.2 Å². The third kappa shape index (κ3) is 2.96. The molecule has 1 aliphatic heterocycles. The standard InChI is InChI=1S/C19H21F3N4O/c1-18(2)15(12-6-8-27-16(12)18)26(3)14-9-13(19(20,21)22)24-17(25-14)11-5-4-7-23-10-11/h4-5,7,9-10,12,15-16H,6,8H2,1-3H3. The highest BCUT2D eigenvalue weighted by molar-refractivity contribution is 5.57. The van der Waals surface area contributed by atoms with Crippen LogP contribution in [0.2, 0.25) is 0 Å². The van der Waals surface area contributed by atoms with Crippen molar-refractivity contribution in [1.29, 1.82) is 0 Å². The molecular formula is C19H21F3N4O. The molecule has 144 valence electrons. The van der Waals surface area contributed by atoms with E-state index in [1.807, 2.05) is 4.90 Å². The lowest BCUT2D eigenvalue weighted by Gasteiger charge is -2.58. The second-order valence-corrected chi connectivity index (χ2v) is 7.80. The third-order valence-electron chi connectivity index (χ3n) is 5.74. The summed E-state index contributed by atoms with van der Waals surface area (Å²) < 4.78 is 46.1. The summed E-state index contributed by atoms with van der Waals surface area (Å²) >= 11 is 0. The normalized spacial score (nSPS) is 26.4. The topological polar surface area (TPSA) is 51.1 Å². The Bertz CT molecular complexity index is 841. The number of hydrogen-bond acceptors (Lipinski definition) is 5. The quantitative estimate of drug-likeness (QED) is 0.813. The lowest BCUT2D eigenvalue weighted by Crippen LogP contribution is -2.66. The average Bonchev–Trinajstić information content (AvgIpc) is 3.07. The van der Waals surface area contributed by atoms with E-state index in [1.165, 1.54) is 6.20 Å². The molecule has 0 N–H and O–H groups in total. The largest absolute Gasteiger partial charge is 0.433 e. The van der Waals surface area contributed by atoms with Crippen LogP contribution in [0.4, 0.5) is 19.0 Å². The van der Waals surface area contributed by atoms with Crippen LogP contribution in [0.1, 0.15) is 26.0 Å². The number of rotatable bonds is 3. The zero-order chi connectivity index (χ0) is 19.4. The van der Waals surface area contributed by atoms with Crippen LogP contribution in [-0.2, 0) is 10.9 Å². The van der Waals surface area contributed by atoms with E-state index in [1.54, 1.807) is 25.4 Å². The molecule has 0 amide bonds. The predicted octanol–water partition coefficient (Wildman–Crippen LogP) is 3.81. The smallest absolute Gasteiger partial charge is 0.377 e. The summed E-state index contributed by atoms with van der Waals surface area (Å²) in [5.74, 6) is 0.590. The van der Waals surface area contributed by atoms with Gasteiger partial charge in [-0.3, -0.25) is 4.98 Å². The zero-order valence-electron chi connectivity index (χ0n) is 15.4. The number of aromatic nitrogens is 3. The highest BCUT2D eigenvalue weighted by atomic mass is 19.4. The van der Waals surface area contributed by atoms with Crippen LogP contribution in [0.15, 0.2) is 30.6 Å². The summed E-state index contributed by atoms with van der Waals surface area (Å²) in [5.41, 5.74) is -0.656. The molecule has 3 heterocycles. The first-order valence-electron chi connectivity index (χ1n) is 8.90. The Morgan fingerprint density at radius 2 is 2.04 bits per heavy atom. The van der Waals surface area contributed by atoms with Gasteiger partial charge in [0.05, 0.1) is 6.10 Å². The molecule has 0 radical (unpaired) electrons. The van der Waals surface area contributed by atoms with Gasteiger partial charge in [0.1, 0.15) is 5.82 Å². The fraction of sp³-hybridized carbons (Fsp3) is 0.526. The number of pyridine rings is 1. The maximum atomic E-state index is 13.4. The highest BCUT2D eigenvalue weighted by Gasteiger charge is 2.61. The Morgan fingerprint density at radius 3 is 2.70 bits per heavy atom. The van der Waals surface area contributed by atoms with Crippen molar-refractivity contribution >= 4 is 5.82 Å². The highest BCUT2D eigenvalue weighted by Crippen LogP contribution is 2.54. The molecule has 2 fully saturated rings. The van der Waals surface area contributed by atoms with Crippen LogP contribution < -0.4 is 4.90 Å². The Morgan fingerprint density at radius 1 is 1.26 bits per heavy atom. The van der Waals surface area contributed by atoms with Gasteiger partial charge in [-0.15, -0.1) is 0 Å². The third-order valence-corrected chi connectivity index (χ3v) is 5.74. The first kappa shape index (κ1) is 18.2. The van der Waals surface area contributed by atoms with Crippen LogP contribution in [0, 0.1) is 11.3 Å². The van der Waals surface area contributed by atoms with Crippen molar-refractivity contribution in [2.24, 2.45) is 11.3 Å². The van der Waals surface area contributed by atoms with Crippen LogP contribution >= 0.6 is 0 Å². The molecule has 8 heteroatoms. The lowest BCUT2D eigenvalue weighted by molar-refractivity contribution is -0.141. The van der Waals surface area contributed by atoms with Gasteiger partial charge in [-0.05, 0) is 18.6 Å². The van der Waals surface area contributed by atoms with Gasteiger partial charge in [-0.25, -0.2) is 9.97 Å². The molecular weight excluding hydrogens is 357 g/mol. The molecule has 0 spiro atoms. The van der Waals surface area contributed by atoms with E-state index in [0.717, 1.165) is 12.5 Å². The molecule has 2 aromatic heterocycles. The van der Waals surface area contributed by atoms with Crippen molar-refractivity contribution in [3.05, 3.63) is 36.3 Å². The second-order valence-electron chi connectivity index (χ2n) is 7.80. The number of anilines is 1. The molecule has 3 unspecified atom stereocenters. The fourth-order valence-corrected chi connectivity index (χ4v) is 4.61. The summed E-state index contributed by atoms with van der Waals surface area (Å²) in [6.45, 7) is 4.88. The van der Waals surface area contributed by atoms with Crippen molar-refractivity contribution in [3.63, 3.8) is 0 Å². The molecule has 5 nitrogen and oxygen atoms in total. The lowest BCUT2D eigenvalue weighted by atomic mass is 9.57. The number of ether oxygens (including phenoxy) is 1. The molecule has 0 aromatic carbocycles. The summed E-state index contributed by atoms with van der Waals surface area (Å²) in [5, 5.41) is 0. The first-order chi connectivity index (χ1) is 12.7. The number of fused-ring (bicyclic) bond motifs is 1. The number of halogens is 3. The minimum atomic E-state index is -4.55. The average molecular weight is 378 g/mol. The fourth-order valence-electron chi connectivity index (χ4n) is 4.61. The Hall–Kier alpha value is -2.22. The monoisotopic (exact) mass is 378 g/mol.